The van der Waals surface area contributed by atoms with E-state index >= 15 is 0 Å². The molecule has 0 aromatic rings. The van der Waals surface area contributed by atoms with Crippen LogP contribution in [0.1, 0.15) is 0 Å². The molecule has 0 aliphatic heterocycles. The van der Waals surface area contributed by atoms with Crippen LogP contribution in [0.5, 0.6) is 0 Å². The van der Waals surface area contributed by atoms with Crippen LogP contribution < -0.4 is 5.32 Å². The third-order valence-electron chi connectivity index (χ3n) is 1.32. The summed E-state index contributed by atoms with van der Waals surface area (Å²) < 4.78 is 49.0. The summed E-state index contributed by atoms with van der Waals surface area (Å²) in [7, 11) is -4.15. The zero-order valence-electron chi connectivity index (χ0n) is 7.54. The maximum absolute atomic E-state index is 10.1. The fraction of sp³-hybridized carbons (Fsp3) is 1.00. The Balaban J connectivity index is 3.87. The molecule has 0 saturated carbocycles. The minimum absolute atomic E-state index is 0.0945. The molecule has 14 heavy (non-hydrogen) atoms. The molecule has 0 rings (SSSR count). The van der Waals surface area contributed by atoms with Crippen LogP contribution in [0, 0.1) is 5.92 Å². The zero-order valence-corrected chi connectivity index (χ0v) is 9.33. The first-order valence-electron chi connectivity index (χ1n) is 3.75. The highest BCUT2D eigenvalue weighted by molar-refractivity contribution is 7.24. The van der Waals surface area contributed by atoms with E-state index in [0.717, 1.165) is 0 Å². The van der Waals surface area contributed by atoms with Crippen molar-refractivity contribution in [1.82, 2.24) is 5.32 Å². The fourth-order valence-corrected chi connectivity index (χ4v) is 1.45. The van der Waals surface area contributed by atoms with Crippen molar-refractivity contribution in [1.29, 1.82) is 0 Å². The lowest BCUT2D eigenvalue weighted by Gasteiger charge is -2.11. The van der Waals surface area contributed by atoms with Crippen molar-refractivity contribution in [3.05, 3.63) is 0 Å². The summed E-state index contributed by atoms with van der Waals surface area (Å²) in [6, 6.07) is 0. The van der Waals surface area contributed by atoms with Gasteiger partial charge in [0, 0.05) is 12.5 Å². The third kappa shape index (κ3) is 8.29. The molecule has 1 N–H and O–H groups in total. The van der Waals surface area contributed by atoms with Gasteiger partial charge in [0.2, 0.25) is 0 Å². The van der Waals surface area contributed by atoms with Crippen molar-refractivity contribution in [3.63, 3.8) is 0 Å². The molecule has 0 radical (unpaired) electrons. The second-order valence-corrected chi connectivity index (χ2v) is 3.87. The van der Waals surface area contributed by atoms with Crippen LogP contribution >= 0.6 is 15.8 Å². The molecule has 7 nitrogen and oxygen atoms in total. The van der Waals surface area contributed by atoms with Gasteiger partial charge in [-0.25, -0.2) is 18.3 Å². The lowest BCUT2D eigenvalue weighted by atomic mass is 10.2. The van der Waals surface area contributed by atoms with E-state index in [-0.39, 0.29) is 19.1 Å². The Hall–Kier alpha value is -0.320. The summed E-state index contributed by atoms with van der Waals surface area (Å²) in [4.78, 5) is 0. The molecule has 0 saturated heterocycles. The van der Waals surface area contributed by atoms with Gasteiger partial charge in [0.25, 0.3) is 0 Å². The highest BCUT2D eigenvalue weighted by atomic mass is 31.1. The molecule has 0 bridgehead atoms. The number of rotatable bonds is 8. The normalized spacial score (nSPS) is 10.4. The van der Waals surface area contributed by atoms with Crippen molar-refractivity contribution in [3.8, 4) is 0 Å². The van der Waals surface area contributed by atoms with Crippen LogP contribution in [-0.4, -0.2) is 26.8 Å². The smallest absolute Gasteiger partial charge is 0.319 e. The Morgan fingerprint density at radius 2 is 1.50 bits per heavy atom. The van der Waals surface area contributed by atoms with E-state index in [2.05, 4.69) is 14.4 Å². The summed E-state index contributed by atoms with van der Waals surface area (Å²) in [6.45, 7) is 0.220. The van der Waals surface area contributed by atoms with Crippen molar-refractivity contribution >= 4 is 15.8 Å². The molecule has 82 valence electrons. The first kappa shape index (κ1) is 13.7. The molecule has 0 heterocycles. The second-order valence-electron chi connectivity index (χ2n) is 2.46. The number of hydrogen-bond donors (Lipinski definition) is 1. The van der Waals surface area contributed by atoms with E-state index in [1.165, 1.54) is 0 Å². The number of nitrogens with one attached hydrogen (secondary N) is 1. The first-order valence-corrected chi connectivity index (χ1v) is 5.94. The molecule has 0 aromatic heterocycles. The van der Waals surface area contributed by atoms with Crippen LogP contribution in [0.15, 0.2) is 0 Å². The van der Waals surface area contributed by atoms with Crippen LogP contribution in [0.4, 0.5) is 0 Å². The topological polar surface area (TPSA) is 98.8 Å². The van der Waals surface area contributed by atoms with E-state index < -0.39 is 15.8 Å². The van der Waals surface area contributed by atoms with Crippen molar-refractivity contribution in [2.24, 2.45) is 5.92 Å². The Bertz CT molecular complexity index is 244. The van der Waals surface area contributed by atoms with E-state index in [9.17, 15) is 18.3 Å². The summed E-state index contributed by atoms with van der Waals surface area (Å²) in [6.07, 6.45) is 0. The Morgan fingerprint density at radius 3 is 1.79 bits per heavy atom. The quantitative estimate of drug-likeness (QED) is 0.635. The predicted octanol–water partition coefficient (Wildman–Crippen LogP) is 1.03. The Labute approximate surface area is 82.0 Å². The summed E-state index contributed by atoms with van der Waals surface area (Å²) in [5, 5.41) is 2.76. The van der Waals surface area contributed by atoms with Gasteiger partial charge >= 0.3 is 15.8 Å². The van der Waals surface area contributed by atoms with Gasteiger partial charge in [0.1, 0.15) is 0 Å². The van der Waals surface area contributed by atoms with E-state index in [1.54, 1.807) is 7.05 Å². The average Bonchev–Trinajstić information content (AvgIpc) is 2.09. The first-order chi connectivity index (χ1) is 6.56. The van der Waals surface area contributed by atoms with Crippen LogP contribution in [-0.2, 0) is 27.3 Å². The molecule has 9 heteroatoms. The molecule has 0 aliphatic carbocycles. The summed E-state index contributed by atoms with van der Waals surface area (Å²) >= 11 is 0. The highest BCUT2D eigenvalue weighted by Crippen LogP contribution is 2.12. The van der Waals surface area contributed by atoms with Crippen molar-refractivity contribution < 1.29 is 27.3 Å². The SMILES string of the molecule is CNCC(COP(=O)=O)COP(=O)=O. The monoisotopic (exact) mass is 243 g/mol. The van der Waals surface area contributed by atoms with Crippen LogP contribution in [0.2, 0.25) is 0 Å². The zero-order chi connectivity index (χ0) is 11.0. The number of hydrogen-bond acceptors (Lipinski definition) is 7. The largest absolute Gasteiger partial charge is 0.468 e. The van der Waals surface area contributed by atoms with Gasteiger partial charge in [0.15, 0.2) is 0 Å². The summed E-state index contributed by atoms with van der Waals surface area (Å²) in [5.74, 6) is -0.319. The van der Waals surface area contributed by atoms with E-state index in [4.69, 9.17) is 0 Å². The minimum atomic E-state index is -2.90. The van der Waals surface area contributed by atoms with Gasteiger partial charge in [-0.3, -0.25) is 9.05 Å². The second kappa shape index (κ2) is 8.03. The van der Waals surface area contributed by atoms with Gasteiger partial charge < -0.3 is 5.32 Å². The molecule has 0 fully saturated rings. The van der Waals surface area contributed by atoms with E-state index in [0.29, 0.717) is 6.54 Å². The predicted molar refractivity (Wildman–Crippen MR) is 45.9 cm³/mol. The van der Waals surface area contributed by atoms with Gasteiger partial charge in [0.05, 0.1) is 13.2 Å². The molecule has 0 atom stereocenters. The Kier molecular flexibility index (Phi) is 7.84. The molecular formula is C5H11NO6P2. The third-order valence-corrected chi connectivity index (χ3v) is 2.04. The molecule has 0 aromatic carbocycles. The lowest BCUT2D eigenvalue weighted by Crippen LogP contribution is -2.25. The van der Waals surface area contributed by atoms with Crippen molar-refractivity contribution in [2.75, 3.05) is 26.8 Å². The average molecular weight is 243 g/mol. The van der Waals surface area contributed by atoms with Crippen LogP contribution in [0.25, 0.3) is 0 Å². The molecular weight excluding hydrogens is 232 g/mol. The molecule has 0 unspecified atom stereocenters. The maximum atomic E-state index is 10.1. The standard InChI is InChI=1S/C5H11NO6P2/c1-6-2-5(3-11-13(7)8)4-12-14(9)10/h5-6H,2-4H2,1H3. The fourth-order valence-electron chi connectivity index (χ4n) is 0.787. The minimum Gasteiger partial charge on any atom is -0.319 e. The van der Waals surface area contributed by atoms with Gasteiger partial charge in [-0.2, -0.15) is 0 Å². The maximum Gasteiger partial charge on any atom is 0.468 e. The van der Waals surface area contributed by atoms with Gasteiger partial charge in [-0.1, -0.05) is 0 Å². The summed E-state index contributed by atoms with van der Waals surface area (Å²) in [5.41, 5.74) is 0. The van der Waals surface area contributed by atoms with Crippen LogP contribution in [0.3, 0.4) is 0 Å². The van der Waals surface area contributed by atoms with Gasteiger partial charge in [-0.05, 0) is 7.05 Å². The molecule has 0 aliphatic rings. The van der Waals surface area contributed by atoms with Gasteiger partial charge in [-0.15, -0.1) is 0 Å². The van der Waals surface area contributed by atoms with Crippen molar-refractivity contribution in [2.45, 2.75) is 0 Å². The Morgan fingerprint density at radius 1 is 1.07 bits per heavy atom. The van der Waals surface area contributed by atoms with E-state index in [1.807, 2.05) is 0 Å². The lowest BCUT2D eigenvalue weighted by molar-refractivity contribution is 0.178. The highest BCUT2D eigenvalue weighted by Gasteiger charge is 2.11. The molecule has 0 amide bonds. The molecule has 0 spiro atoms.